The Kier molecular flexibility index (Phi) is 3.79. The molecule has 0 aliphatic carbocycles. The van der Waals surface area contributed by atoms with Crippen LogP contribution in [0.3, 0.4) is 0 Å². The van der Waals surface area contributed by atoms with Gasteiger partial charge in [-0.1, -0.05) is 0 Å². The fraction of sp³-hybridized carbons (Fsp3) is 0.556. The van der Waals surface area contributed by atoms with Crippen LogP contribution in [0.15, 0.2) is 12.4 Å². The fourth-order valence-corrected chi connectivity index (χ4v) is 1.05. The molecular weight excluding hydrogens is 166 g/mol. The molecule has 4 heteroatoms. The van der Waals surface area contributed by atoms with Gasteiger partial charge in [-0.25, -0.2) is 9.97 Å². The van der Waals surface area contributed by atoms with Crippen molar-refractivity contribution in [3.63, 3.8) is 0 Å². The van der Waals surface area contributed by atoms with Crippen LogP contribution in [-0.4, -0.2) is 21.6 Å². The van der Waals surface area contributed by atoms with Crippen molar-refractivity contribution in [1.29, 1.82) is 0 Å². The Bertz CT molecular complexity index is 248. The molecule has 0 aliphatic heterocycles. The highest BCUT2D eigenvalue weighted by atomic mass is 16.3. The summed E-state index contributed by atoms with van der Waals surface area (Å²) in [7, 11) is 0. The van der Waals surface area contributed by atoms with Gasteiger partial charge in [0, 0.05) is 18.0 Å². The number of hydrogen-bond donors (Lipinski definition) is 2. The lowest BCUT2D eigenvalue weighted by atomic mass is 10.1. The molecule has 1 heterocycles. The third-order valence-electron chi connectivity index (χ3n) is 1.87. The molecule has 0 amide bonds. The molecule has 0 fully saturated rings. The van der Waals surface area contributed by atoms with Crippen molar-refractivity contribution >= 4 is 0 Å². The second kappa shape index (κ2) is 4.89. The molecule has 0 radical (unpaired) electrons. The maximum Gasteiger partial charge on any atom is 0.125 e. The van der Waals surface area contributed by atoms with Gasteiger partial charge in [0.05, 0.1) is 6.10 Å². The van der Waals surface area contributed by atoms with Gasteiger partial charge in [-0.15, -0.1) is 0 Å². The van der Waals surface area contributed by atoms with E-state index in [9.17, 15) is 5.11 Å². The van der Waals surface area contributed by atoms with Gasteiger partial charge in [0.2, 0.25) is 0 Å². The summed E-state index contributed by atoms with van der Waals surface area (Å²) in [5.41, 5.74) is 6.10. The van der Waals surface area contributed by atoms with Crippen LogP contribution in [0.5, 0.6) is 0 Å². The van der Waals surface area contributed by atoms with Crippen molar-refractivity contribution in [1.82, 2.24) is 9.97 Å². The molecular formula is C9H15N3O. The minimum absolute atomic E-state index is 0.482. The largest absolute Gasteiger partial charge is 0.388 e. The molecule has 72 valence electrons. The van der Waals surface area contributed by atoms with E-state index >= 15 is 0 Å². The Morgan fingerprint density at radius 3 is 2.62 bits per heavy atom. The first-order valence-corrected chi connectivity index (χ1v) is 4.40. The van der Waals surface area contributed by atoms with E-state index in [2.05, 4.69) is 9.97 Å². The predicted molar refractivity (Wildman–Crippen MR) is 50.0 cm³/mol. The van der Waals surface area contributed by atoms with Gasteiger partial charge >= 0.3 is 0 Å². The van der Waals surface area contributed by atoms with E-state index in [1.807, 2.05) is 6.92 Å². The number of aliphatic hydroxyl groups is 1. The Hall–Kier alpha value is -1.00. The van der Waals surface area contributed by atoms with Crippen LogP contribution < -0.4 is 5.73 Å². The lowest BCUT2D eigenvalue weighted by molar-refractivity contribution is 0.164. The third-order valence-corrected chi connectivity index (χ3v) is 1.87. The van der Waals surface area contributed by atoms with Gasteiger partial charge < -0.3 is 10.8 Å². The maximum absolute atomic E-state index is 9.61. The third kappa shape index (κ3) is 3.08. The Morgan fingerprint density at radius 1 is 1.46 bits per heavy atom. The first kappa shape index (κ1) is 10.1. The van der Waals surface area contributed by atoms with Crippen LogP contribution in [0.1, 0.15) is 30.3 Å². The van der Waals surface area contributed by atoms with Crippen LogP contribution >= 0.6 is 0 Å². The van der Waals surface area contributed by atoms with Crippen LogP contribution in [0.2, 0.25) is 0 Å². The molecule has 0 saturated carbocycles. The zero-order valence-electron chi connectivity index (χ0n) is 7.77. The van der Waals surface area contributed by atoms with Gasteiger partial charge in [-0.2, -0.15) is 0 Å². The van der Waals surface area contributed by atoms with Gasteiger partial charge in [-0.3, -0.25) is 0 Å². The molecule has 0 spiro atoms. The summed E-state index contributed by atoms with van der Waals surface area (Å²) in [6.45, 7) is 2.42. The van der Waals surface area contributed by atoms with Crippen molar-refractivity contribution in [3.8, 4) is 0 Å². The van der Waals surface area contributed by atoms with Crippen molar-refractivity contribution < 1.29 is 5.11 Å². The lowest BCUT2D eigenvalue weighted by Crippen LogP contribution is -2.04. The van der Waals surface area contributed by atoms with E-state index in [4.69, 9.17) is 5.73 Å². The molecule has 3 N–H and O–H groups in total. The van der Waals surface area contributed by atoms with Crippen molar-refractivity contribution in [2.24, 2.45) is 5.73 Å². The summed E-state index contributed by atoms with van der Waals surface area (Å²) in [6.07, 6.45) is 4.31. The van der Waals surface area contributed by atoms with Crippen molar-refractivity contribution in [3.05, 3.63) is 23.8 Å². The Morgan fingerprint density at radius 2 is 2.08 bits per heavy atom. The van der Waals surface area contributed by atoms with E-state index in [1.54, 1.807) is 12.4 Å². The van der Waals surface area contributed by atoms with E-state index in [-0.39, 0.29) is 0 Å². The summed E-state index contributed by atoms with van der Waals surface area (Å²) < 4.78 is 0. The van der Waals surface area contributed by atoms with Crippen LogP contribution in [-0.2, 0) is 0 Å². The Labute approximate surface area is 77.8 Å². The summed E-state index contributed by atoms with van der Waals surface area (Å²) in [4.78, 5) is 8.01. The average Bonchev–Trinajstić information content (AvgIpc) is 2.15. The molecule has 1 aromatic heterocycles. The zero-order chi connectivity index (χ0) is 9.68. The number of hydrogen-bond acceptors (Lipinski definition) is 4. The van der Waals surface area contributed by atoms with E-state index in [1.165, 1.54) is 0 Å². The molecule has 13 heavy (non-hydrogen) atoms. The molecule has 1 unspecified atom stereocenters. The summed E-state index contributed by atoms with van der Waals surface area (Å²) >= 11 is 0. The summed E-state index contributed by atoms with van der Waals surface area (Å²) in [5.74, 6) is 0.717. The number of nitrogens with zero attached hydrogens (tertiary/aromatic N) is 2. The Balaban J connectivity index is 2.55. The van der Waals surface area contributed by atoms with E-state index in [0.717, 1.165) is 17.8 Å². The zero-order valence-corrected chi connectivity index (χ0v) is 7.77. The summed E-state index contributed by atoms with van der Waals surface area (Å²) in [5, 5.41) is 9.61. The molecule has 1 rings (SSSR count). The van der Waals surface area contributed by atoms with Crippen LogP contribution in [0.4, 0.5) is 0 Å². The number of aryl methyl sites for hydroxylation is 1. The molecule has 1 aromatic rings. The number of aliphatic hydroxyl groups excluding tert-OH is 1. The molecule has 0 aliphatic rings. The highest BCUT2D eigenvalue weighted by molar-refractivity contribution is 5.08. The molecule has 4 nitrogen and oxygen atoms in total. The van der Waals surface area contributed by atoms with Gasteiger partial charge in [0.1, 0.15) is 5.82 Å². The summed E-state index contributed by atoms with van der Waals surface area (Å²) in [6, 6.07) is 0. The number of aromatic nitrogens is 2. The van der Waals surface area contributed by atoms with E-state index < -0.39 is 6.10 Å². The number of nitrogens with two attached hydrogens (primary N) is 1. The van der Waals surface area contributed by atoms with Gasteiger partial charge in [0.25, 0.3) is 0 Å². The highest BCUT2D eigenvalue weighted by Gasteiger charge is 2.06. The molecule has 0 saturated heterocycles. The topological polar surface area (TPSA) is 72.0 Å². The van der Waals surface area contributed by atoms with Crippen LogP contribution in [0, 0.1) is 6.92 Å². The normalized spacial score (nSPS) is 12.8. The minimum atomic E-state index is -0.482. The second-order valence-corrected chi connectivity index (χ2v) is 3.01. The van der Waals surface area contributed by atoms with Crippen molar-refractivity contribution in [2.75, 3.05) is 6.54 Å². The minimum Gasteiger partial charge on any atom is -0.388 e. The first-order chi connectivity index (χ1) is 6.24. The van der Waals surface area contributed by atoms with Gasteiger partial charge in [0.15, 0.2) is 0 Å². The number of rotatable bonds is 4. The molecule has 0 bridgehead atoms. The smallest absolute Gasteiger partial charge is 0.125 e. The lowest BCUT2D eigenvalue weighted by Gasteiger charge is -2.08. The monoisotopic (exact) mass is 181 g/mol. The maximum atomic E-state index is 9.61. The second-order valence-electron chi connectivity index (χ2n) is 3.01. The molecule has 1 atom stereocenters. The molecule has 0 aromatic carbocycles. The predicted octanol–water partition coefficient (Wildman–Crippen LogP) is 0.557. The average molecular weight is 181 g/mol. The van der Waals surface area contributed by atoms with Gasteiger partial charge in [-0.05, 0) is 26.3 Å². The fourth-order valence-electron chi connectivity index (χ4n) is 1.05. The quantitative estimate of drug-likeness (QED) is 0.711. The highest BCUT2D eigenvalue weighted by Crippen LogP contribution is 2.15. The SMILES string of the molecule is Cc1ncc(C(O)CCCN)cn1. The van der Waals surface area contributed by atoms with Crippen molar-refractivity contribution in [2.45, 2.75) is 25.9 Å². The van der Waals surface area contributed by atoms with Crippen LogP contribution in [0.25, 0.3) is 0 Å². The first-order valence-electron chi connectivity index (χ1n) is 4.40. The standard InChI is InChI=1S/C9H15N3O/c1-7-11-5-8(6-12-7)9(13)3-2-4-10/h5-6,9,13H,2-4,10H2,1H3. The van der Waals surface area contributed by atoms with E-state index in [0.29, 0.717) is 13.0 Å².